The SMILES string of the molecule is COc1ccc(C2CNC(=O)N2C)cc1O[C@@H]1C[C@H]2CC[C@@H]1C2. The molecule has 1 aromatic rings. The number of nitrogens with zero attached hydrogens (tertiary/aromatic N) is 1. The van der Waals surface area contributed by atoms with Gasteiger partial charge in [0, 0.05) is 13.6 Å². The summed E-state index contributed by atoms with van der Waals surface area (Å²) in [7, 11) is 3.50. The van der Waals surface area contributed by atoms with Crippen molar-refractivity contribution in [2.45, 2.75) is 37.8 Å². The molecule has 0 radical (unpaired) electrons. The fourth-order valence-electron chi connectivity index (χ4n) is 4.42. The minimum absolute atomic E-state index is 0.0265. The van der Waals surface area contributed by atoms with Gasteiger partial charge in [0.15, 0.2) is 11.5 Å². The van der Waals surface area contributed by atoms with E-state index < -0.39 is 0 Å². The van der Waals surface area contributed by atoms with Crippen LogP contribution in [0.5, 0.6) is 11.5 Å². The number of carbonyl (C=O) groups excluding carboxylic acids is 1. The number of fused-ring (bicyclic) bond motifs is 2. The number of rotatable bonds is 4. The molecule has 1 aromatic carbocycles. The molecule has 2 aliphatic carbocycles. The molecule has 1 saturated heterocycles. The Bertz CT molecular complexity index is 618. The molecule has 5 heteroatoms. The van der Waals surface area contributed by atoms with Crippen LogP contribution in [0.3, 0.4) is 0 Å². The Balaban J connectivity index is 1.57. The number of nitrogens with one attached hydrogen (secondary N) is 1. The van der Waals surface area contributed by atoms with Crippen LogP contribution in [0.4, 0.5) is 4.79 Å². The summed E-state index contributed by atoms with van der Waals surface area (Å²) in [5, 5.41) is 2.88. The molecule has 23 heavy (non-hydrogen) atoms. The molecule has 2 amide bonds. The van der Waals surface area contributed by atoms with Crippen LogP contribution in [-0.2, 0) is 0 Å². The van der Waals surface area contributed by atoms with Crippen LogP contribution in [0, 0.1) is 11.8 Å². The van der Waals surface area contributed by atoms with Crippen molar-refractivity contribution in [2.75, 3.05) is 20.7 Å². The highest BCUT2D eigenvalue weighted by Gasteiger charge is 2.41. The van der Waals surface area contributed by atoms with E-state index in [4.69, 9.17) is 9.47 Å². The van der Waals surface area contributed by atoms with Crippen molar-refractivity contribution in [2.24, 2.45) is 11.8 Å². The van der Waals surface area contributed by atoms with Crippen molar-refractivity contribution >= 4 is 6.03 Å². The molecule has 2 saturated carbocycles. The Morgan fingerprint density at radius 1 is 1.22 bits per heavy atom. The summed E-state index contributed by atoms with van der Waals surface area (Å²) >= 11 is 0. The molecular weight excluding hydrogens is 292 g/mol. The first kappa shape index (κ1) is 14.7. The van der Waals surface area contributed by atoms with Crippen LogP contribution in [0.25, 0.3) is 0 Å². The monoisotopic (exact) mass is 316 g/mol. The van der Waals surface area contributed by atoms with E-state index in [0.29, 0.717) is 18.6 Å². The molecule has 3 aliphatic rings. The maximum Gasteiger partial charge on any atom is 0.317 e. The fraction of sp³-hybridized carbons (Fsp3) is 0.611. The van der Waals surface area contributed by atoms with E-state index in [0.717, 1.165) is 23.0 Å². The minimum Gasteiger partial charge on any atom is -0.493 e. The Hall–Kier alpha value is -1.91. The second kappa shape index (κ2) is 5.62. The highest BCUT2D eigenvalue weighted by atomic mass is 16.5. The number of urea groups is 1. The lowest BCUT2D eigenvalue weighted by Gasteiger charge is -2.25. The lowest BCUT2D eigenvalue weighted by Crippen LogP contribution is -2.25. The van der Waals surface area contributed by atoms with Crippen LogP contribution in [0.1, 0.15) is 37.3 Å². The molecule has 1 unspecified atom stereocenters. The van der Waals surface area contributed by atoms with E-state index in [1.807, 2.05) is 25.2 Å². The second-order valence-electron chi connectivity index (χ2n) is 7.05. The van der Waals surface area contributed by atoms with E-state index in [2.05, 4.69) is 5.32 Å². The average molecular weight is 316 g/mol. The van der Waals surface area contributed by atoms with Crippen molar-refractivity contribution < 1.29 is 14.3 Å². The molecule has 2 bridgehead atoms. The van der Waals surface area contributed by atoms with Crippen molar-refractivity contribution in [1.82, 2.24) is 10.2 Å². The van der Waals surface area contributed by atoms with Gasteiger partial charge in [-0.25, -0.2) is 4.79 Å². The van der Waals surface area contributed by atoms with Gasteiger partial charge in [-0.2, -0.15) is 0 Å². The van der Waals surface area contributed by atoms with E-state index >= 15 is 0 Å². The normalized spacial score (nSPS) is 32.3. The highest BCUT2D eigenvalue weighted by Crippen LogP contribution is 2.47. The fourth-order valence-corrected chi connectivity index (χ4v) is 4.42. The number of ether oxygens (including phenoxy) is 2. The molecule has 1 aliphatic heterocycles. The lowest BCUT2D eigenvalue weighted by molar-refractivity contribution is 0.133. The second-order valence-corrected chi connectivity index (χ2v) is 7.05. The van der Waals surface area contributed by atoms with Crippen LogP contribution < -0.4 is 14.8 Å². The quantitative estimate of drug-likeness (QED) is 0.929. The van der Waals surface area contributed by atoms with Gasteiger partial charge in [0.05, 0.1) is 13.2 Å². The largest absolute Gasteiger partial charge is 0.493 e. The summed E-state index contributed by atoms with van der Waals surface area (Å²) in [5.41, 5.74) is 1.09. The topological polar surface area (TPSA) is 50.8 Å². The van der Waals surface area contributed by atoms with Gasteiger partial charge in [-0.05, 0) is 55.2 Å². The number of hydrogen-bond donors (Lipinski definition) is 1. The summed E-state index contributed by atoms with van der Waals surface area (Å²) in [4.78, 5) is 13.4. The van der Waals surface area contributed by atoms with Gasteiger partial charge in [-0.15, -0.1) is 0 Å². The van der Waals surface area contributed by atoms with Crippen LogP contribution in [-0.4, -0.2) is 37.7 Å². The third-order valence-corrected chi connectivity index (χ3v) is 5.76. The van der Waals surface area contributed by atoms with E-state index in [9.17, 15) is 4.79 Å². The van der Waals surface area contributed by atoms with E-state index in [1.165, 1.54) is 25.7 Å². The zero-order valence-electron chi connectivity index (χ0n) is 13.7. The van der Waals surface area contributed by atoms with Crippen molar-refractivity contribution in [3.8, 4) is 11.5 Å². The third kappa shape index (κ3) is 2.52. The highest BCUT2D eigenvalue weighted by molar-refractivity contribution is 5.77. The van der Waals surface area contributed by atoms with Crippen LogP contribution in [0.2, 0.25) is 0 Å². The average Bonchev–Trinajstić information content (AvgIpc) is 3.25. The Kier molecular flexibility index (Phi) is 3.58. The number of benzene rings is 1. The standard InChI is InChI=1S/C18H24N2O3/c1-20-14(10-19-18(20)21)12-5-6-15(22-2)17(9-12)23-16-8-11-3-4-13(16)7-11/h5-6,9,11,13-14,16H,3-4,7-8,10H2,1-2H3,(H,19,21)/t11-,13+,14?,16+/m0/s1. The Morgan fingerprint density at radius 2 is 2.09 bits per heavy atom. The number of likely N-dealkylation sites (N-methyl/N-ethyl adjacent to an activating group) is 1. The van der Waals surface area contributed by atoms with Gasteiger partial charge >= 0.3 is 6.03 Å². The summed E-state index contributed by atoms with van der Waals surface area (Å²) in [6.07, 6.45) is 5.46. The van der Waals surface area contributed by atoms with E-state index in [-0.39, 0.29) is 12.1 Å². The predicted octanol–water partition coefficient (Wildman–Crippen LogP) is 2.96. The van der Waals surface area contributed by atoms with Crippen LogP contribution in [0.15, 0.2) is 18.2 Å². The summed E-state index contributed by atoms with van der Waals surface area (Å²) in [5.74, 6) is 3.14. The maximum absolute atomic E-state index is 11.7. The van der Waals surface area contributed by atoms with Gasteiger partial charge in [0.25, 0.3) is 0 Å². The smallest absolute Gasteiger partial charge is 0.317 e. The number of amides is 2. The predicted molar refractivity (Wildman–Crippen MR) is 86.8 cm³/mol. The summed E-state index contributed by atoms with van der Waals surface area (Å²) in [6, 6.07) is 6.05. The van der Waals surface area contributed by atoms with Crippen molar-refractivity contribution in [3.63, 3.8) is 0 Å². The van der Waals surface area contributed by atoms with E-state index in [1.54, 1.807) is 12.0 Å². The van der Waals surface area contributed by atoms with Gasteiger partial charge in [0.1, 0.15) is 6.10 Å². The van der Waals surface area contributed by atoms with Gasteiger partial charge in [0.2, 0.25) is 0 Å². The van der Waals surface area contributed by atoms with Gasteiger partial charge in [-0.3, -0.25) is 0 Å². The first-order chi connectivity index (χ1) is 11.2. The lowest BCUT2D eigenvalue weighted by atomic mass is 9.97. The molecule has 1 N–H and O–H groups in total. The van der Waals surface area contributed by atoms with Crippen LogP contribution >= 0.6 is 0 Å². The number of methoxy groups -OCH3 is 1. The molecule has 5 nitrogen and oxygen atoms in total. The number of carbonyl (C=O) groups is 1. The molecule has 4 rings (SSSR count). The molecule has 4 atom stereocenters. The van der Waals surface area contributed by atoms with Crippen molar-refractivity contribution in [3.05, 3.63) is 23.8 Å². The Labute approximate surface area is 136 Å². The molecule has 124 valence electrons. The third-order valence-electron chi connectivity index (χ3n) is 5.76. The maximum atomic E-state index is 11.7. The first-order valence-corrected chi connectivity index (χ1v) is 8.51. The first-order valence-electron chi connectivity index (χ1n) is 8.51. The summed E-state index contributed by atoms with van der Waals surface area (Å²) in [6.45, 7) is 0.634. The van der Waals surface area contributed by atoms with Gasteiger partial charge < -0.3 is 19.7 Å². The Morgan fingerprint density at radius 3 is 2.70 bits per heavy atom. The van der Waals surface area contributed by atoms with Gasteiger partial charge in [-0.1, -0.05) is 6.07 Å². The summed E-state index contributed by atoms with van der Waals surface area (Å²) < 4.78 is 11.8. The zero-order chi connectivity index (χ0) is 16.0. The van der Waals surface area contributed by atoms with Crippen molar-refractivity contribution in [1.29, 1.82) is 0 Å². The molecule has 0 aromatic heterocycles. The molecule has 3 fully saturated rings. The molecule has 0 spiro atoms. The zero-order valence-corrected chi connectivity index (χ0v) is 13.7. The minimum atomic E-state index is -0.0265. The molecular formula is C18H24N2O3. The molecule has 1 heterocycles. The number of hydrogen-bond acceptors (Lipinski definition) is 3.